The molecule has 1 atom stereocenters. The number of ether oxygens (including phenoxy) is 1. The van der Waals surface area contributed by atoms with E-state index in [1.165, 1.54) is 5.69 Å². The molecule has 1 aromatic rings. The summed E-state index contributed by atoms with van der Waals surface area (Å²) in [6.07, 6.45) is 0.227. The molecular weight excluding hydrogens is 238 g/mol. The number of piperazine rings is 1. The van der Waals surface area contributed by atoms with Crippen molar-refractivity contribution < 1.29 is 4.74 Å². The SMILES string of the molecule is CNCC1CN(c2ccc(OC(C)C)cc2)CCN1. The van der Waals surface area contributed by atoms with Gasteiger partial charge in [-0.25, -0.2) is 0 Å². The topological polar surface area (TPSA) is 36.5 Å². The van der Waals surface area contributed by atoms with Crippen LogP contribution in [0.5, 0.6) is 5.75 Å². The molecule has 0 aromatic heterocycles. The zero-order chi connectivity index (χ0) is 13.7. The van der Waals surface area contributed by atoms with Gasteiger partial charge in [0.1, 0.15) is 5.75 Å². The van der Waals surface area contributed by atoms with Crippen LogP contribution in [-0.4, -0.2) is 45.4 Å². The van der Waals surface area contributed by atoms with E-state index in [-0.39, 0.29) is 6.10 Å². The Morgan fingerprint density at radius 2 is 2.11 bits per heavy atom. The van der Waals surface area contributed by atoms with Gasteiger partial charge in [0.05, 0.1) is 6.10 Å². The highest BCUT2D eigenvalue weighted by molar-refractivity contribution is 5.49. The second-order valence-electron chi connectivity index (χ2n) is 5.32. The number of hydrogen-bond donors (Lipinski definition) is 2. The lowest BCUT2D eigenvalue weighted by Gasteiger charge is -2.35. The molecule has 0 bridgehead atoms. The maximum atomic E-state index is 5.68. The quantitative estimate of drug-likeness (QED) is 0.843. The maximum absolute atomic E-state index is 5.68. The van der Waals surface area contributed by atoms with Gasteiger partial charge in [-0.3, -0.25) is 0 Å². The monoisotopic (exact) mass is 263 g/mol. The van der Waals surface area contributed by atoms with Gasteiger partial charge in [0.2, 0.25) is 0 Å². The maximum Gasteiger partial charge on any atom is 0.119 e. The van der Waals surface area contributed by atoms with E-state index in [1.54, 1.807) is 0 Å². The summed E-state index contributed by atoms with van der Waals surface area (Å²) >= 11 is 0. The fourth-order valence-electron chi connectivity index (χ4n) is 2.45. The van der Waals surface area contributed by atoms with Gasteiger partial charge in [0.15, 0.2) is 0 Å². The number of rotatable bonds is 5. The number of nitrogens with one attached hydrogen (secondary N) is 2. The Balaban J connectivity index is 1.97. The first kappa shape index (κ1) is 14.2. The third kappa shape index (κ3) is 4.11. The molecule has 1 aliphatic heterocycles. The van der Waals surface area contributed by atoms with Gasteiger partial charge in [-0.05, 0) is 45.2 Å². The summed E-state index contributed by atoms with van der Waals surface area (Å²) in [4.78, 5) is 2.43. The molecule has 1 heterocycles. The van der Waals surface area contributed by atoms with Crippen LogP contribution in [-0.2, 0) is 0 Å². The van der Waals surface area contributed by atoms with E-state index in [1.807, 2.05) is 20.9 Å². The summed E-state index contributed by atoms with van der Waals surface area (Å²) < 4.78 is 5.68. The van der Waals surface area contributed by atoms with Gasteiger partial charge in [-0.1, -0.05) is 0 Å². The fraction of sp³-hybridized carbons (Fsp3) is 0.600. The zero-order valence-electron chi connectivity index (χ0n) is 12.1. The molecule has 2 N–H and O–H groups in total. The van der Waals surface area contributed by atoms with Crippen LogP contribution in [0.4, 0.5) is 5.69 Å². The highest BCUT2D eigenvalue weighted by Crippen LogP contribution is 2.21. The molecule has 0 spiro atoms. The molecule has 4 heteroatoms. The Morgan fingerprint density at radius 1 is 1.37 bits per heavy atom. The molecule has 0 amide bonds. The molecule has 1 unspecified atom stereocenters. The van der Waals surface area contributed by atoms with E-state index >= 15 is 0 Å². The summed E-state index contributed by atoms with van der Waals surface area (Å²) in [6, 6.07) is 8.94. The van der Waals surface area contributed by atoms with E-state index in [9.17, 15) is 0 Å². The van der Waals surface area contributed by atoms with E-state index in [2.05, 4.69) is 39.8 Å². The summed E-state index contributed by atoms with van der Waals surface area (Å²) in [5.41, 5.74) is 1.28. The number of hydrogen-bond acceptors (Lipinski definition) is 4. The van der Waals surface area contributed by atoms with Crippen molar-refractivity contribution in [2.24, 2.45) is 0 Å². The molecule has 1 aliphatic rings. The molecule has 0 saturated carbocycles. The van der Waals surface area contributed by atoms with Gasteiger partial charge in [0, 0.05) is 37.9 Å². The zero-order valence-corrected chi connectivity index (χ0v) is 12.1. The molecular formula is C15H25N3O. The van der Waals surface area contributed by atoms with Gasteiger partial charge < -0.3 is 20.3 Å². The molecule has 0 aliphatic carbocycles. The van der Waals surface area contributed by atoms with Crippen molar-refractivity contribution >= 4 is 5.69 Å². The van der Waals surface area contributed by atoms with E-state index in [4.69, 9.17) is 4.74 Å². The van der Waals surface area contributed by atoms with Gasteiger partial charge in [-0.2, -0.15) is 0 Å². The minimum Gasteiger partial charge on any atom is -0.491 e. The van der Waals surface area contributed by atoms with Crippen LogP contribution in [0.2, 0.25) is 0 Å². The molecule has 0 radical (unpaired) electrons. The predicted molar refractivity (Wildman–Crippen MR) is 80.1 cm³/mol. The van der Waals surface area contributed by atoms with Gasteiger partial charge >= 0.3 is 0 Å². The van der Waals surface area contributed by atoms with Crippen LogP contribution in [0.1, 0.15) is 13.8 Å². The Labute approximate surface area is 116 Å². The molecule has 19 heavy (non-hydrogen) atoms. The van der Waals surface area contributed by atoms with Crippen molar-refractivity contribution in [1.29, 1.82) is 0 Å². The number of benzene rings is 1. The Bertz CT molecular complexity index is 375. The van der Waals surface area contributed by atoms with Gasteiger partial charge in [-0.15, -0.1) is 0 Å². The lowest BCUT2D eigenvalue weighted by atomic mass is 10.1. The van der Waals surface area contributed by atoms with Crippen molar-refractivity contribution in [3.05, 3.63) is 24.3 Å². The average Bonchev–Trinajstić information content (AvgIpc) is 2.40. The van der Waals surface area contributed by atoms with Crippen molar-refractivity contribution in [1.82, 2.24) is 10.6 Å². The number of anilines is 1. The second-order valence-corrected chi connectivity index (χ2v) is 5.32. The smallest absolute Gasteiger partial charge is 0.119 e. The first-order chi connectivity index (χ1) is 9.19. The highest BCUT2D eigenvalue weighted by atomic mass is 16.5. The summed E-state index contributed by atoms with van der Waals surface area (Å²) in [6.45, 7) is 8.25. The average molecular weight is 263 g/mol. The Kier molecular flexibility index (Phi) is 5.05. The Hall–Kier alpha value is -1.26. The standard InChI is InChI=1S/C15H25N3O/c1-12(2)19-15-6-4-14(5-7-15)18-9-8-17-13(11-18)10-16-3/h4-7,12-13,16-17H,8-11H2,1-3H3. The minimum absolute atomic E-state index is 0.227. The van der Waals surface area contributed by atoms with Crippen LogP contribution in [0, 0.1) is 0 Å². The van der Waals surface area contributed by atoms with E-state index in [0.29, 0.717) is 6.04 Å². The normalized spacial score (nSPS) is 19.8. The fourth-order valence-corrected chi connectivity index (χ4v) is 2.45. The number of nitrogens with zero attached hydrogens (tertiary/aromatic N) is 1. The summed E-state index contributed by atoms with van der Waals surface area (Å²) in [5.74, 6) is 0.945. The first-order valence-electron chi connectivity index (χ1n) is 7.08. The summed E-state index contributed by atoms with van der Waals surface area (Å²) in [7, 11) is 2.00. The molecule has 2 rings (SSSR count). The minimum atomic E-state index is 0.227. The lowest BCUT2D eigenvalue weighted by molar-refractivity contribution is 0.242. The van der Waals surface area contributed by atoms with Crippen molar-refractivity contribution in [2.75, 3.05) is 38.1 Å². The lowest BCUT2D eigenvalue weighted by Crippen LogP contribution is -2.54. The van der Waals surface area contributed by atoms with Crippen molar-refractivity contribution in [3.63, 3.8) is 0 Å². The second kappa shape index (κ2) is 6.78. The molecule has 1 saturated heterocycles. The van der Waals surface area contributed by atoms with E-state index < -0.39 is 0 Å². The molecule has 4 nitrogen and oxygen atoms in total. The third-order valence-electron chi connectivity index (χ3n) is 3.28. The highest BCUT2D eigenvalue weighted by Gasteiger charge is 2.18. The van der Waals surface area contributed by atoms with Crippen molar-refractivity contribution in [3.8, 4) is 5.75 Å². The van der Waals surface area contributed by atoms with Gasteiger partial charge in [0.25, 0.3) is 0 Å². The van der Waals surface area contributed by atoms with Crippen LogP contribution < -0.4 is 20.3 Å². The largest absolute Gasteiger partial charge is 0.491 e. The van der Waals surface area contributed by atoms with E-state index in [0.717, 1.165) is 31.9 Å². The van der Waals surface area contributed by atoms with Crippen LogP contribution >= 0.6 is 0 Å². The van der Waals surface area contributed by atoms with Crippen LogP contribution in [0.15, 0.2) is 24.3 Å². The Morgan fingerprint density at radius 3 is 2.74 bits per heavy atom. The number of likely N-dealkylation sites (N-methyl/N-ethyl adjacent to an activating group) is 1. The molecule has 1 aromatic carbocycles. The van der Waals surface area contributed by atoms with Crippen LogP contribution in [0.3, 0.4) is 0 Å². The third-order valence-corrected chi connectivity index (χ3v) is 3.28. The summed E-state index contributed by atoms with van der Waals surface area (Å²) in [5, 5.41) is 6.76. The van der Waals surface area contributed by atoms with Crippen LogP contribution in [0.25, 0.3) is 0 Å². The molecule has 1 fully saturated rings. The predicted octanol–water partition coefficient (Wildman–Crippen LogP) is 1.47. The molecule has 106 valence electrons. The first-order valence-corrected chi connectivity index (χ1v) is 7.08. The van der Waals surface area contributed by atoms with Crippen molar-refractivity contribution in [2.45, 2.75) is 26.0 Å².